The van der Waals surface area contributed by atoms with Gasteiger partial charge in [0.25, 0.3) is 0 Å². The molecule has 1 rings (SSSR count). The van der Waals surface area contributed by atoms with Crippen molar-refractivity contribution in [1.29, 1.82) is 0 Å². The lowest BCUT2D eigenvalue weighted by Crippen LogP contribution is -2.11. The molecule has 0 aliphatic rings. The fourth-order valence-corrected chi connectivity index (χ4v) is 3.04. The number of benzene rings is 1. The number of amides is 1. The molecule has 1 amide bonds. The molecule has 0 aliphatic heterocycles. The van der Waals surface area contributed by atoms with Crippen LogP contribution in [0.3, 0.4) is 0 Å². The van der Waals surface area contributed by atoms with E-state index < -0.39 is 0 Å². The van der Waals surface area contributed by atoms with Crippen LogP contribution in [0.2, 0.25) is 0 Å². The average Bonchev–Trinajstić information content (AvgIpc) is 2.65. The Balaban J connectivity index is 2.05. The minimum absolute atomic E-state index is 0.0861. The zero-order chi connectivity index (χ0) is 19.7. The molecule has 0 radical (unpaired) electrons. The second-order valence-corrected chi connectivity index (χ2v) is 7.61. The Kier molecular flexibility index (Phi) is 13.2. The third-order valence-electron chi connectivity index (χ3n) is 4.61. The number of anilines is 1. The number of hydrogen-bond acceptors (Lipinski definition) is 2. The number of carbonyl (C=O) groups excluding carboxylic acids is 1. The van der Waals surface area contributed by atoms with Gasteiger partial charge < -0.3 is 10.1 Å². The largest absolute Gasteiger partial charge is 0.489 e. The molecule has 0 atom stereocenters. The topological polar surface area (TPSA) is 38.3 Å². The fourth-order valence-electron chi connectivity index (χ4n) is 3.04. The zero-order valence-corrected chi connectivity index (χ0v) is 17.5. The molecule has 0 saturated heterocycles. The summed E-state index contributed by atoms with van der Waals surface area (Å²) in [4.78, 5) is 12.1. The van der Waals surface area contributed by atoms with Gasteiger partial charge in [-0.05, 0) is 31.1 Å². The lowest BCUT2D eigenvalue weighted by Gasteiger charge is -2.09. The van der Waals surface area contributed by atoms with Crippen LogP contribution in [0, 0.1) is 0 Å². The summed E-state index contributed by atoms with van der Waals surface area (Å²) in [6.45, 7) is 8.51. The number of rotatable bonds is 16. The number of unbranched alkanes of at least 4 members (excludes halogenated alkanes) is 10. The Morgan fingerprint density at radius 3 is 2.15 bits per heavy atom. The molecule has 1 N–H and O–H groups in total. The standard InChI is InChI=1S/C24H39NO2/c1-4-5-6-7-8-9-10-11-12-13-14-18-24(26)25-22-16-15-17-23(19-22)27-20-21(2)3/h15-17,19H,2,4-14,18,20H2,1,3H3,(H,25,26). The van der Waals surface area contributed by atoms with Crippen molar-refractivity contribution >= 4 is 11.6 Å². The van der Waals surface area contributed by atoms with Gasteiger partial charge in [0.15, 0.2) is 0 Å². The molecule has 27 heavy (non-hydrogen) atoms. The molecule has 3 heteroatoms. The summed E-state index contributed by atoms with van der Waals surface area (Å²) in [7, 11) is 0. The van der Waals surface area contributed by atoms with Gasteiger partial charge in [-0.3, -0.25) is 4.79 Å². The van der Waals surface area contributed by atoms with E-state index in [2.05, 4.69) is 18.8 Å². The fraction of sp³-hybridized carbons (Fsp3) is 0.625. The van der Waals surface area contributed by atoms with Gasteiger partial charge in [0.2, 0.25) is 5.91 Å². The van der Waals surface area contributed by atoms with E-state index in [9.17, 15) is 4.79 Å². The number of carbonyl (C=O) groups is 1. The predicted octanol–water partition coefficient (Wildman–Crippen LogP) is 7.28. The maximum atomic E-state index is 12.1. The molecule has 3 nitrogen and oxygen atoms in total. The van der Waals surface area contributed by atoms with Crippen molar-refractivity contribution in [3.8, 4) is 5.75 Å². The van der Waals surface area contributed by atoms with E-state index in [4.69, 9.17) is 4.74 Å². The maximum absolute atomic E-state index is 12.1. The van der Waals surface area contributed by atoms with Crippen LogP contribution in [-0.2, 0) is 4.79 Å². The van der Waals surface area contributed by atoms with Crippen LogP contribution in [0.25, 0.3) is 0 Å². The highest BCUT2D eigenvalue weighted by Crippen LogP contribution is 2.18. The highest BCUT2D eigenvalue weighted by atomic mass is 16.5. The monoisotopic (exact) mass is 373 g/mol. The van der Waals surface area contributed by atoms with Gasteiger partial charge in [-0.2, -0.15) is 0 Å². The molecule has 0 fully saturated rings. The molecular weight excluding hydrogens is 334 g/mol. The van der Waals surface area contributed by atoms with Crippen molar-refractivity contribution in [3.63, 3.8) is 0 Å². The molecule has 1 aromatic rings. The van der Waals surface area contributed by atoms with Gasteiger partial charge in [-0.1, -0.05) is 83.8 Å². The van der Waals surface area contributed by atoms with Gasteiger partial charge in [0, 0.05) is 18.2 Å². The Morgan fingerprint density at radius 1 is 0.963 bits per heavy atom. The smallest absolute Gasteiger partial charge is 0.224 e. The van der Waals surface area contributed by atoms with E-state index in [1.807, 2.05) is 31.2 Å². The van der Waals surface area contributed by atoms with E-state index in [0.717, 1.165) is 29.9 Å². The van der Waals surface area contributed by atoms with Crippen molar-refractivity contribution in [3.05, 3.63) is 36.4 Å². The first-order valence-electron chi connectivity index (χ1n) is 10.8. The van der Waals surface area contributed by atoms with Crippen molar-refractivity contribution in [2.45, 2.75) is 90.9 Å². The molecule has 1 aromatic carbocycles. The molecule has 0 heterocycles. The van der Waals surface area contributed by atoms with Crippen LogP contribution >= 0.6 is 0 Å². The van der Waals surface area contributed by atoms with Crippen LogP contribution in [0.5, 0.6) is 5.75 Å². The summed E-state index contributed by atoms with van der Waals surface area (Å²) in [5.41, 5.74) is 1.77. The number of nitrogens with one attached hydrogen (secondary N) is 1. The molecule has 152 valence electrons. The SMILES string of the molecule is C=C(C)COc1cccc(NC(=O)CCCCCCCCCCCCC)c1. The second kappa shape index (κ2) is 15.3. The summed E-state index contributed by atoms with van der Waals surface area (Å²) in [5.74, 6) is 0.841. The average molecular weight is 374 g/mol. The Morgan fingerprint density at radius 2 is 1.56 bits per heavy atom. The van der Waals surface area contributed by atoms with E-state index in [1.54, 1.807) is 0 Å². The molecular formula is C24H39NO2. The summed E-state index contributed by atoms with van der Waals surface area (Å²) < 4.78 is 5.61. The third kappa shape index (κ3) is 13.1. The predicted molar refractivity (Wildman–Crippen MR) is 116 cm³/mol. The molecule has 0 aliphatic carbocycles. The first kappa shape index (κ1) is 23.3. The van der Waals surface area contributed by atoms with Crippen LogP contribution in [0.1, 0.15) is 90.9 Å². The normalized spacial score (nSPS) is 10.6. The quantitative estimate of drug-likeness (QED) is 0.244. The van der Waals surface area contributed by atoms with Crippen molar-refractivity contribution in [2.75, 3.05) is 11.9 Å². The van der Waals surface area contributed by atoms with Crippen molar-refractivity contribution < 1.29 is 9.53 Å². The molecule has 0 bridgehead atoms. The second-order valence-electron chi connectivity index (χ2n) is 7.61. The van der Waals surface area contributed by atoms with Gasteiger partial charge in [0.1, 0.15) is 12.4 Å². The highest BCUT2D eigenvalue weighted by Gasteiger charge is 2.04. The van der Waals surface area contributed by atoms with Gasteiger partial charge in [0.05, 0.1) is 0 Å². The minimum Gasteiger partial charge on any atom is -0.489 e. The Bertz CT molecular complexity index is 539. The van der Waals surface area contributed by atoms with Gasteiger partial charge >= 0.3 is 0 Å². The van der Waals surface area contributed by atoms with Crippen LogP contribution in [0.15, 0.2) is 36.4 Å². The van der Waals surface area contributed by atoms with Crippen LogP contribution < -0.4 is 10.1 Å². The molecule has 0 aromatic heterocycles. The van der Waals surface area contributed by atoms with Gasteiger partial charge in [-0.15, -0.1) is 0 Å². The first-order chi connectivity index (χ1) is 13.1. The Hall–Kier alpha value is -1.77. The summed E-state index contributed by atoms with van der Waals surface area (Å²) >= 11 is 0. The van der Waals surface area contributed by atoms with E-state index >= 15 is 0 Å². The number of ether oxygens (including phenoxy) is 1. The molecule has 0 spiro atoms. The van der Waals surface area contributed by atoms with Crippen molar-refractivity contribution in [1.82, 2.24) is 0 Å². The summed E-state index contributed by atoms with van der Waals surface area (Å²) in [6.07, 6.45) is 14.8. The molecule has 0 saturated carbocycles. The van der Waals surface area contributed by atoms with E-state index in [-0.39, 0.29) is 5.91 Å². The summed E-state index contributed by atoms with van der Waals surface area (Å²) in [6, 6.07) is 7.54. The maximum Gasteiger partial charge on any atom is 0.224 e. The third-order valence-corrected chi connectivity index (χ3v) is 4.61. The lowest BCUT2D eigenvalue weighted by atomic mass is 10.1. The summed E-state index contributed by atoms with van der Waals surface area (Å²) in [5, 5.41) is 2.96. The zero-order valence-electron chi connectivity index (χ0n) is 17.5. The van der Waals surface area contributed by atoms with Crippen LogP contribution in [-0.4, -0.2) is 12.5 Å². The van der Waals surface area contributed by atoms with E-state index in [0.29, 0.717) is 13.0 Å². The van der Waals surface area contributed by atoms with Crippen LogP contribution in [0.4, 0.5) is 5.69 Å². The highest BCUT2D eigenvalue weighted by molar-refractivity contribution is 5.90. The Labute approximate surface area is 166 Å². The van der Waals surface area contributed by atoms with Gasteiger partial charge in [-0.25, -0.2) is 0 Å². The number of hydrogen-bond donors (Lipinski definition) is 1. The minimum atomic E-state index is 0.0861. The lowest BCUT2D eigenvalue weighted by molar-refractivity contribution is -0.116. The molecule has 0 unspecified atom stereocenters. The van der Waals surface area contributed by atoms with Crippen molar-refractivity contribution in [2.24, 2.45) is 0 Å². The van der Waals surface area contributed by atoms with E-state index in [1.165, 1.54) is 57.8 Å². The first-order valence-corrected chi connectivity index (χ1v) is 10.8.